The molecule has 2 N–H and O–H groups in total. The molecule has 0 heterocycles. The minimum absolute atomic E-state index is 0.304. The average molecular weight is 160 g/mol. The summed E-state index contributed by atoms with van der Waals surface area (Å²) in [5.74, 6) is 0. The fourth-order valence-electron chi connectivity index (χ4n) is 1.22. The van der Waals surface area contributed by atoms with Crippen LogP contribution in [0, 0.1) is 0 Å². The first-order valence-corrected chi connectivity index (χ1v) is 4.56. The molecular weight excluding hydrogens is 140 g/mol. The highest BCUT2D eigenvalue weighted by molar-refractivity contribution is 4.62. The third kappa shape index (κ3) is 6.32. The van der Waals surface area contributed by atoms with Gasteiger partial charge in [0, 0.05) is 0 Å². The second-order valence-corrected chi connectivity index (χ2v) is 3.12. The third-order valence-electron chi connectivity index (χ3n) is 1.79. The molecule has 0 aromatic rings. The van der Waals surface area contributed by atoms with Gasteiger partial charge in [-0.3, -0.25) is 0 Å². The Kier molecular flexibility index (Phi) is 6.57. The summed E-state index contributed by atoms with van der Waals surface area (Å²) in [6.07, 6.45) is 3.52. The lowest BCUT2D eigenvalue weighted by atomic mass is 10.0. The van der Waals surface area contributed by atoms with Gasteiger partial charge in [-0.15, -0.1) is 0 Å². The number of hydrogen-bond acceptors (Lipinski definition) is 2. The van der Waals surface area contributed by atoms with Gasteiger partial charge in [-0.25, -0.2) is 0 Å². The summed E-state index contributed by atoms with van der Waals surface area (Å²) in [4.78, 5) is 0. The summed E-state index contributed by atoms with van der Waals surface area (Å²) in [6, 6.07) is 0. The lowest BCUT2D eigenvalue weighted by molar-refractivity contribution is 0.0703. The Bertz CT molecular complexity index is 73.6. The van der Waals surface area contributed by atoms with Crippen LogP contribution in [-0.4, -0.2) is 22.4 Å². The van der Waals surface area contributed by atoms with Gasteiger partial charge in [0.1, 0.15) is 0 Å². The smallest absolute Gasteiger partial charge is 0.0564 e. The van der Waals surface area contributed by atoms with Crippen molar-refractivity contribution in [3.63, 3.8) is 0 Å². The Morgan fingerprint density at radius 2 is 1.27 bits per heavy atom. The molecule has 0 spiro atoms. The van der Waals surface area contributed by atoms with E-state index in [1.54, 1.807) is 0 Å². The number of aliphatic hydroxyl groups is 2. The van der Waals surface area contributed by atoms with Gasteiger partial charge in [-0.1, -0.05) is 26.7 Å². The maximum Gasteiger partial charge on any atom is 0.0564 e. The van der Waals surface area contributed by atoms with Crippen LogP contribution in [0.1, 0.15) is 46.0 Å². The maximum atomic E-state index is 9.29. The van der Waals surface area contributed by atoms with E-state index in [0.717, 1.165) is 25.7 Å². The third-order valence-corrected chi connectivity index (χ3v) is 1.79. The molecule has 0 aromatic carbocycles. The second-order valence-electron chi connectivity index (χ2n) is 3.12. The summed E-state index contributed by atoms with van der Waals surface area (Å²) in [5, 5.41) is 18.6. The largest absolute Gasteiger partial charge is 0.393 e. The first kappa shape index (κ1) is 10.9. The van der Waals surface area contributed by atoms with E-state index in [4.69, 9.17) is 0 Å². The van der Waals surface area contributed by atoms with Gasteiger partial charge in [0.25, 0.3) is 0 Å². The summed E-state index contributed by atoms with van der Waals surface area (Å²) in [7, 11) is 0. The van der Waals surface area contributed by atoms with Gasteiger partial charge in [0.15, 0.2) is 0 Å². The van der Waals surface area contributed by atoms with Gasteiger partial charge in [0.05, 0.1) is 12.2 Å². The van der Waals surface area contributed by atoms with Crippen LogP contribution >= 0.6 is 0 Å². The molecule has 2 unspecified atom stereocenters. The predicted octanol–water partition coefficient (Wildman–Crippen LogP) is 1.70. The van der Waals surface area contributed by atoms with E-state index in [2.05, 4.69) is 0 Å². The van der Waals surface area contributed by atoms with Crippen LogP contribution in [0.5, 0.6) is 0 Å². The summed E-state index contributed by atoms with van der Waals surface area (Å²) in [5.41, 5.74) is 0. The molecule has 0 aromatic heterocycles. The molecule has 0 rings (SSSR count). The van der Waals surface area contributed by atoms with E-state index >= 15 is 0 Å². The minimum atomic E-state index is -0.304. The Morgan fingerprint density at radius 1 is 0.909 bits per heavy atom. The van der Waals surface area contributed by atoms with Gasteiger partial charge >= 0.3 is 0 Å². The van der Waals surface area contributed by atoms with Crippen molar-refractivity contribution in [3.8, 4) is 0 Å². The average Bonchev–Trinajstić information content (AvgIpc) is 1.87. The Balaban J connectivity index is 3.32. The van der Waals surface area contributed by atoms with Crippen LogP contribution in [0.3, 0.4) is 0 Å². The predicted molar refractivity (Wildman–Crippen MR) is 46.4 cm³/mol. The topological polar surface area (TPSA) is 40.5 Å². The molecule has 0 aliphatic heterocycles. The highest BCUT2D eigenvalue weighted by Crippen LogP contribution is 2.08. The molecule has 2 nitrogen and oxygen atoms in total. The molecule has 2 atom stereocenters. The molecule has 0 saturated heterocycles. The summed E-state index contributed by atoms with van der Waals surface area (Å²) < 4.78 is 0. The number of rotatable bonds is 6. The van der Waals surface area contributed by atoms with E-state index in [0.29, 0.717) is 6.42 Å². The van der Waals surface area contributed by atoms with E-state index in [1.807, 2.05) is 13.8 Å². The summed E-state index contributed by atoms with van der Waals surface area (Å²) >= 11 is 0. The fourth-order valence-corrected chi connectivity index (χ4v) is 1.22. The van der Waals surface area contributed by atoms with Crippen LogP contribution in [0.4, 0.5) is 0 Å². The standard InChI is InChI=1S/C9H20O2/c1-3-5-8(10)7-9(11)6-4-2/h8-11H,3-7H2,1-2H3. The zero-order valence-electron chi connectivity index (χ0n) is 7.58. The molecule has 0 aliphatic carbocycles. The first-order valence-electron chi connectivity index (χ1n) is 4.56. The molecule has 11 heavy (non-hydrogen) atoms. The molecule has 0 amide bonds. The monoisotopic (exact) mass is 160 g/mol. The minimum Gasteiger partial charge on any atom is -0.393 e. The van der Waals surface area contributed by atoms with Gasteiger partial charge in [0.2, 0.25) is 0 Å². The van der Waals surface area contributed by atoms with Crippen LogP contribution in [-0.2, 0) is 0 Å². The van der Waals surface area contributed by atoms with Crippen molar-refractivity contribution < 1.29 is 10.2 Å². The quantitative estimate of drug-likeness (QED) is 0.621. The zero-order chi connectivity index (χ0) is 8.69. The molecule has 2 heteroatoms. The van der Waals surface area contributed by atoms with Crippen molar-refractivity contribution in [1.29, 1.82) is 0 Å². The van der Waals surface area contributed by atoms with Gasteiger partial charge < -0.3 is 10.2 Å². The van der Waals surface area contributed by atoms with Crippen LogP contribution in [0.25, 0.3) is 0 Å². The maximum absolute atomic E-state index is 9.29. The lowest BCUT2D eigenvalue weighted by Crippen LogP contribution is -2.16. The van der Waals surface area contributed by atoms with Crippen molar-refractivity contribution >= 4 is 0 Å². The Hall–Kier alpha value is -0.0800. The van der Waals surface area contributed by atoms with E-state index in [1.165, 1.54) is 0 Å². The van der Waals surface area contributed by atoms with Crippen molar-refractivity contribution in [2.75, 3.05) is 0 Å². The van der Waals surface area contributed by atoms with Gasteiger partial charge in [-0.05, 0) is 19.3 Å². The number of hydrogen-bond donors (Lipinski definition) is 2. The second kappa shape index (κ2) is 6.62. The van der Waals surface area contributed by atoms with Crippen molar-refractivity contribution in [2.24, 2.45) is 0 Å². The van der Waals surface area contributed by atoms with Crippen LogP contribution in [0.15, 0.2) is 0 Å². The highest BCUT2D eigenvalue weighted by Gasteiger charge is 2.09. The molecule has 0 aliphatic rings. The van der Waals surface area contributed by atoms with E-state index < -0.39 is 0 Å². The SMILES string of the molecule is CCCC(O)CC(O)CCC. The zero-order valence-corrected chi connectivity index (χ0v) is 7.58. The molecule has 0 fully saturated rings. The van der Waals surface area contributed by atoms with Crippen LogP contribution < -0.4 is 0 Å². The molecule has 0 saturated carbocycles. The Labute approximate surface area is 69.2 Å². The van der Waals surface area contributed by atoms with E-state index in [9.17, 15) is 10.2 Å². The number of aliphatic hydroxyl groups excluding tert-OH is 2. The molecule has 0 radical (unpaired) electrons. The first-order chi connectivity index (χ1) is 5.20. The van der Waals surface area contributed by atoms with Crippen molar-refractivity contribution in [2.45, 2.75) is 58.2 Å². The van der Waals surface area contributed by atoms with Crippen molar-refractivity contribution in [1.82, 2.24) is 0 Å². The highest BCUT2D eigenvalue weighted by atomic mass is 16.3. The summed E-state index contributed by atoms with van der Waals surface area (Å²) in [6.45, 7) is 4.07. The molecular formula is C9H20O2. The normalized spacial score (nSPS) is 16.4. The van der Waals surface area contributed by atoms with Crippen molar-refractivity contribution in [3.05, 3.63) is 0 Å². The van der Waals surface area contributed by atoms with E-state index in [-0.39, 0.29) is 12.2 Å². The molecule has 0 bridgehead atoms. The fraction of sp³-hybridized carbons (Fsp3) is 1.00. The van der Waals surface area contributed by atoms with Crippen LogP contribution in [0.2, 0.25) is 0 Å². The molecule has 68 valence electrons. The van der Waals surface area contributed by atoms with Gasteiger partial charge in [-0.2, -0.15) is 0 Å². The lowest BCUT2D eigenvalue weighted by Gasteiger charge is -2.13. The Morgan fingerprint density at radius 3 is 1.55 bits per heavy atom.